The number of pyridine rings is 1. The smallest absolute Gasteiger partial charge is 0.337 e. The largest absolute Gasteiger partial charge is 0.502 e. The number of hydrogen-bond donors (Lipinski definition) is 1. The highest BCUT2D eigenvalue weighted by molar-refractivity contribution is 5.89. The maximum Gasteiger partial charge on any atom is 0.337 e. The van der Waals surface area contributed by atoms with E-state index in [0.717, 1.165) is 18.7 Å². The SMILES string of the molecule is COC(=O)C[C@H](c1ccc(C(=O)OC)cc1)c1oc(CN2C[C@@H]3C[C@H](C2)c2cccc(=O)n2C3)cc(=O)c1O. The van der Waals surface area contributed by atoms with Crippen LogP contribution in [0, 0.1) is 5.92 Å². The van der Waals surface area contributed by atoms with E-state index in [-0.39, 0.29) is 23.7 Å². The van der Waals surface area contributed by atoms with Gasteiger partial charge in [-0.3, -0.25) is 19.3 Å². The second-order valence-corrected chi connectivity index (χ2v) is 10.1. The lowest BCUT2D eigenvalue weighted by atomic mass is 9.83. The van der Waals surface area contributed by atoms with E-state index in [9.17, 15) is 24.3 Å². The molecular weight excluding hydrogens is 504 g/mol. The van der Waals surface area contributed by atoms with E-state index in [1.54, 1.807) is 36.4 Å². The Bertz CT molecular complexity index is 1510. The molecule has 0 radical (unpaired) electrons. The number of carbonyl (C=O) groups is 2. The first-order chi connectivity index (χ1) is 18.8. The number of esters is 2. The maximum absolute atomic E-state index is 12.8. The fourth-order valence-electron chi connectivity index (χ4n) is 5.80. The van der Waals surface area contributed by atoms with Crippen molar-refractivity contribution in [2.75, 3.05) is 27.3 Å². The van der Waals surface area contributed by atoms with Crippen molar-refractivity contribution in [2.45, 2.75) is 37.8 Å². The Labute approximate surface area is 224 Å². The van der Waals surface area contributed by atoms with Crippen molar-refractivity contribution in [1.29, 1.82) is 0 Å². The Morgan fingerprint density at radius 1 is 1.05 bits per heavy atom. The molecule has 204 valence electrons. The van der Waals surface area contributed by atoms with Gasteiger partial charge in [0.15, 0.2) is 5.76 Å². The molecule has 0 saturated carbocycles. The number of fused-ring (bicyclic) bond motifs is 4. The molecule has 39 heavy (non-hydrogen) atoms. The van der Waals surface area contributed by atoms with Gasteiger partial charge in [0.05, 0.1) is 38.7 Å². The number of aromatic hydroxyl groups is 1. The van der Waals surface area contributed by atoms with Crippen molar-refractivity contribution < 1.29 is 28.6 Å². The molecule has 1 fully saturated rings. The molecule has 2 aliphatic rings. The summed E-state index contributed by atoms with van der Waals surface area (Å²) in [5.41, 5.74) is 1.29. The predicted molar refractivity (Wildman–Crippen MR) is 140 cm³/mol. The standard InChI is InChI=1S/C29H30N2O8/c1-37-26(34)12-22(18-6-8-19(9-7-18)29(36)38-2)28-27(35)24(32)11-21(39-28)16-30-13-17-10-20(15-30)23-4-3-5-25(33)31(23)14-17/h3-9,11,17,20,22,35H,10,12-16H2,1-2H3/t17-,20+,22+/m0/s1. The molecule has 2 bridgehead atoms. The summed E-state index contributed by atoms with van der Waals surface area (Å²) < 4.78 is 17.6. The lowest BCUT2D eigenvalue weighted by Crippen LogP contribution is -2.46. The van der Waals surface area contributed by atoms with Crippen LogP contribution in [-0.4, -0.2) is 53.8 Å². The van der Waals surface area contributed by atoms with Crippen molar-refractivity contribution in [3.05, 3.63) is 97.4 Å². The highest BCUT2D eigenvalue weighted by atomic mass is 16.5. The Balaban J connectivity index is 1.44. The number of ether oxygens (including phenoxy) is 2. The third kappa shape index (κ3) is 5.37. The summed E-state index contributed by atoms with van der Waals surface area (Å²) >= 11 is 0. The van der Waals surface area contributed by atoms with Gasteiger partial charge in [-0.15, -0.1) is 0 Å². The molecule has 0 unspecified atom stereocenters. The summed E-state index contributed by atoms with van der Waals surface area (Å²) in [7, 11) is 2.54. The molecule has 0 aliphatic carbocycles. The maximum atomic E-state index is 12.8. The normalized spacial score (nSPS) is 19.1. The quantitative estimate of drug-likeness (QED) is 0.455. The lowest BCUT2D eigenvalue weighted by Gasteiger charge is -2.42. The van der Waals surface area contributed by atoms with Crippen LogP contribution in [0.5, 0.6) is 5.75 Å². The number of methoxy groups -OCH3 is 2. The summed E-state index contributed by atoms with van der Waals surface area (Å²) in [6.45, 7) is 2.41. The number of aromatic nitrogens is 1. The van der Waals surface area contributed by atoms with Gasteiger partial charge in [0.1, 0.15) is 5.76 Å². The van der Waals surface area contributed by atoms with Crippen molar-refractivity contribution in [2.24, 2.45) is 5.92 Å². The molecular formula is C29H30N2O8. The highest BCUT2D eigenvalue weighted by Crippen LogP contribution is 2.37. The van der Waals surface area contributed by atoms with Gasteiger partial charge in [-0.1, -0.05) is 18.2 Å². The first-order valence-electron chi connectivity index (χ1n) is 12.8. The van der Waals surface area contributed by atoms with Crippen molar-refractivity contribution in [3.63, 3.8) is 0 Å². The lowest BCUT2D eigenvalue weighted by molar-refractivity contribution is -0.140. The average Bonchev–Trinajstić information content (AvgIpc) is 2.94. The van der Waals surface area contributed by atoms with Crippen molar-refractivity contribution >= 4 is 11.9 Å². The summed E-state index contributed by atoms with van der Waals surface area (Å²) in [5, 5.41) is 10.7. The molecule has 1 N–H and O–H groups in total. The van der Waals surface area contributed by atoms with E-state index < -0.39 is 29.0 Å². The summed E-state index contributed by atoms with van der Waals surface area (Å²) in [4.78, 5) is 51.5. The minimum absolute atomic E-state index is 0.0149. The molecule has 2 aromatic heterocycles. The molecule has 5 rings (SSSR count). The summed E-state index contributed by atoms with van der Waals surface area (Å²) in [6, 6.07) is 13.0. The molecule has 4 heterocycles. The van der Waals surface area contributed by atoms with Gasteiger partial charge < -0.3 is 23.6 Å². The summed E-state index contributed by atoms with van der Waals surface area (Å²) in [6.07, 6.45) is 0.806. The minimum Gasteiger partial charge on any atom is -0.502 e. The van der Waals surface area contributed by atoms with Gasteiger partial charge in [-0.2, -0.15) is 0 Å². The Morgan fingerprint density at radius 2 is 1.82 bits per heavy atom. The molecule has 1 saturated heterocycles. The molecule has 0 spiro atoms. The second kappa shape index (κ2) is 10.9. The first-order valence-corrected chi connectivity index (χ1v) is 12.8. The minimum atomic E-state index is -0.823. The van der Waals surface area contributed by atoms with Crippen LogP contribution in [-0.2, 0) is 27.4 Å². The van der Waals surface area contributed by atoms with Crippen LogP contribution in [0.2, 0.25) is 0 Å². The Kier molecular flexibility index (Phi) is 7.38. The number of benzene rings is 1. The van der Waals surface area contributed by atoms with Gasteiger partial charge in [0.25, 0.3) is 5.56 Å². The van der Waals surface area contributed by atoms with Gasteiger partial charge in [0, 0.05) is 43.4 Å². The van der Waals surface area contributed by atoms with Crippen LogP contribution in [0.1, 0.15) is 57.8 Å². The van der Waals surface area contributed by atoms with Crippen LogP contribution < -0.4 is 11.0 Å². The van der Waals surface area contributed by atoms with E-state index in [1.807, 2.05) is 10.6 Å². The molecule has 0 amide bonds. The van der Waals surface area contributed by atoms with Gasteiger partial charge >= 0.3 is 11.9 Å². The number of hydrogen-bond acceptors (Lipinski definition) is 9. The third-order valence-corrected chi connectivity index (χ3v) is 7.58. The van der Waals surface area contributed by atoms with Crippen LogP contribution >= 0.6 is 0 Å². The molecule has 3 atom stereocenters. The summed E-state index contributed by atoms with van der Waals surface area (Å²) in [5.74, 6) is -1.66. The van der Waals surface area contributed by atoms with E-state index in [0.29, 0.717) is 42.4 Å². The molecule has 10 heteroatoms. The average molecular weight is 535 g/mol. The molecule has 1 aromatic carbocycles. The number of carbonyl (C=O) groups excluding carboxylic acids is 2. The molecule has 10 nitrogen and oxygen atoms in total. The number of rotatable bonds is 7. The highest BCUT2D eigenvalue weighted by Gasteiger charge is 2.35. The van der Waals surface area contributed by atoms with Crippen LogP contribution in [0.15, 0.2) is 62.5 Å². The van der Waals surface area contributed by atoms with E-state index >= 15 is 0 Å². The zero-order valence-electron chi connectivity index (χ0n) is 21.8. The third-order valence-electron chi connectivity index (χ3n) is 7.58. The van der Waals surface area contributed by atoms with Gasteiger partial charge in [-0.25, -0.2) is 4.79 Å². The zero-order chi connectivity index (χ0) is 27.7. The number of likely N-dealkylation sites (tertiary alicyclic amines) is 1. The van der Waals surface area contributed by atoms with E-state index in [2.05, 4.69) is 4.90 Å². The number of nitrogens with zero attached hydrogens (tertiary/aromatic N) is 2. The van der Waals surface area contributed by atoms with E-state index in [1.165, 1.54) is 20.3 Å². The zero-order valence-corrected chi connectivity index (χ0v) is 21.8. The van der Waals surface area contributed by atoms with Gasteiger partial charge in [-0.05, 0) is 36.1 Å². The molecule has 3 aromatic rings. The van der Waals surface area contributed by atoms with Crippen molar-refractivity contribution in [1.82, 2.24) is 9.47 Å². The molecule has 2 aliphatic heterocycles. The topological polar surface area (TPSA) is 128 Å². The Morgan fingerprint density at radius 3 is 2.54 bits per heavy atom. The van der Waals surface area contributed by atoms with Crippen LogP contribution in [0.4, 0.5) is 0 Å². The van der Waals surface area contributed by atoms with E-state index in [4.69, 9.17) is 13.9 Å². The van der Waals surface area contributed by atoms with Crippen LogP contribution in [0.25, 0.3) is 0 Å². The Hall–Kier alpha value is -4.18. The predicted octanol–water partition coefficient (Wildman–Crippen LogP) is 2.61. The van der Waals surface area contributed by atoms with Gasteiger partial charge in [0.2, 0.25) is 11.2 Å². The fourth-order valence-corrected chi connectivity index (χ4v) is 5.80. The fraction of sp³-hybridized carbons (Fsp3) is 0.379. The number of piperidine rings is 1. The monoisotopic (exact) mass is 534 g/mol. The first kappa shape index (κ1) is 26.4. The second-order valence-electron chi connectivity index (χ2n) is 10.1. The van der Waals surface area contributed by atoms with Crippen LogP contribution in [0.3, 0.4) is 0 Å². The van der Waals surface area contributed by atoms with Crippen molar-refractivity contribution in [3.8, 4) is 5.75 Å².